The summed E-state index contributed by atoms with van der Waals surface area (Å²) in [5.41, 5.74) is -0.206. The second-order valence-electron chi connectivity index (χ2n) is 5.39. The number of halogens is 2. The Balaban J connectivity index is 0.00000121. The van der Waals surface area contributed by atoms with Crippen molar-refractivity contribution in [2.45, 2.75) is 24.5 Å². The van der Waals surface area contributed by atoms with Gasteiger partial charge in [0, 0.05) is 25.8 Å². The van der Waals surface area contributed by atoms with E-state index in [-0.39, 0.29) is 36.8 Å². The molecule has 1 atom stereocenters. The normalized spacial score (nSPS) is 22.6. The van der Waals surface area contributed by atoms with Crippen LogP contribution in [0.3, 0.4) is 0 Å². The Morgan fingerprint density at radius 3 is 2.59 bits per heavy atom. The first-order valence-corrected chi connectivity index (χ1v) is 7.02. The predicted octanol–water partition coefficient (Wildman–Crippen LogP) is 1.26. The van der Waals surface area contributed by atoms with Gasteiger partial charge in [0.05, 0.1) is 5.69 Å². The molecule has 0 saturated carbocycles. The lowest BCUT2D eigenvalue weighted by Crippen LogP contribution is -2.50. The summed E-state index contributed by atoms with van der Waals surface area (Å²) in [6.07, 6.45) is 6.63. The number of aromatic nitrogens is 1. The van der Waals surface area contributed by atoms with Gasteiger partial charge in [-0.25, -0.2) is 0 Å². The molecule has 3 heterocycles. The van der Waals surface area contributed by atoms with Crippen LogP contribution in [-0.2, 0) is 10.4 Å². The molecule has 1 unspecified atom stereocenters. The van der Waals surface area contributed by atoms with Crippen LogP contribution in [-0.4, -0.2) is 46.6 Å². The van der Waals surface area contributed by atoms with E-state index in [2.05, 4.69) is 10.3 Å². The molecule has 2 aliphatic heterocycles. The summed E-state index contributed by atoms with van der Waals surface area (Å²) in [7, 11) is 0. The molecule has 1 amide bonds. The van der Waals surface area contributed by atoms with Gasteiger partial charge in [-0.3, -0.25) is 15.1 Å². The fourth-order valence-corrected chi connectivity index (χ4v) is 2.82. The highest BCUT2D eigenvalue weighted by molar-refractivity contribution is 5.85. The van der Waals surface area contributed by atoms with E-state index in [1.165, 1.54) is 0 Å². The van der Waals surface area contributed by atoms with Crippen molar-refractivity contribution < 1.29 is 9.90 Å². The summed E-state index contributed by atoms with van der Waals surface area (Å²) in [4.78, 5) is 18.3. The van der Waals surface area contributed by atoms with Gasteiger partial charge in [0.25, 0.3) is 0 Å². The summed E-state index contributed by atoms with van der Waals surface area (Å²) in [6, 6.07) is 5.36. The molecule has 1 aromatic heterocycles. The molecule has 5 nitrogen and oxygen atoms in total. The number of hydrogen-bond acceptors (Lipinski definition) is 4. The van der Waals surface area contributed by atoms with E-state index in [1.54, 1.807) is 6.20 Å². The van der Waals surface area contributed by atoms with Crippen LogP contribution in [0.2, 0.25) is 0 Å². The molecule has 0 spiro atoms. The van der Waals surface area contributed by atoms with Crippen molar-refractivity contribution >= 4 is 30.7 Å². The van der Waals surface area contributed by atoms with Gasteiger partial charge in [-0.2, -0.15) is 0 Å². The lowest BCUT2D eigenvalue weighted by atomic mass is 9.87. The highest BCUT2D eigenvalue weighted by atomic mass is 35.5. The Morgan fingerprint density at radius 2 is 2.05 bits per heavy atom. The molecule has 0 bridgehead atoms. The van der Waals surface area contributed by atoms with Gasteiger partial charge in [0.15, 0.2) is 0 Å². The van der Waals surface area contributed by atoms with Crippen LogP contribution in [0.15, 0.2) is 36.5 Å². The zero-order valence-electron chi connectivity index (χ0n) is 12.1. The highest BCUT2D eigenvalue weighted by Crippen LogP contribution is 2.31. The van der Waals surface area contributed by atoms with E-state index in [1.807, 2.05) is 35.3 Å². The average molecular weight is 346 g/mol. The number of likely N-dealkylation sites (tertiary alicyclic amines) is 1. The van der Waals surface area contributed by atoms with Gasteiger partial charge >= 0.3 is 0 Å². The maximum absolute atomic E-state index is 12.3. The molecule has 1 fully saturated rings. The van der Waals surface area contributed by atoms with Gasteiger partial charge in [-0.1, -0.05) is 18.2 Å². The minimum absolute atomic E-state index is 0. The fraction of sp³-hybridized carbons (Fsp3) is 0.467. The summed E-state index contributed by atoms with van der Waals surface area (Å²) in [6.45, 7) is 1.89. The molecule has 2 aliphatic rings. The van der Waals surface area contributed by atoms with Crippen LogP contribution in [0.1, 0.15) is 18.5 Å². The minimum atomic E-state index is -0.906. The highest BCUT2D eigenvalue weighted by Gasteiger charge is 2.37. The number of pyridine rings is 1. The molecule has 22 heavy (non-hydrogen) atoms. The number of nitrogens with zero attached hydrogens (tertiary/aromatic N) is 2. The van der Waals surface area contributed by atoms with Gasteiger partial charge in [0.2, 0.25) is 5.91 Å². The van der Waals surface area contributed by atoms with E-state index in [4.69, 9.17) is 0 Å². The first kappa shape index (κ1) is 18.9. The molecule has 0 aromatic carbocycles. The molecule has 3 rings (SSSR count). The van der Waals surface area contributed by atoms with Crippen LogP contribution >= 0.6 is 24.8 Å². The maximum Gasteiger partial charge on any atom is 0.243 e. The quantitative estimate of drug-likeness (QED) is 0.792. The van der Waals surface area contributed by atoms with Crippen molar-refractivity contribution in [3.05, 3.63) is 42.2 Å². The van der Waals surface area contributed by atoms with Crippen LogP contribution in [0.25, 0.3) is 0 Å². The van der Waals surface area contributed by atoms with E-state index in [0.717, 1.165) is 6.54 Å². The van der Waals surface area contributed by atoms with E-state index in [0.29, 0.717) is 31.6 Å². The third-order valence-electron chi connectivity index (χ3n) is 4.09. The summed E-state index contributed by atoms with van der Waals surface area (Å²) >= 11 is 0. The van der Waals surface area contributed by atoms with Crippen molar-refractivity contribution in [1.82, 2.24) is 15.2 Å². The first-order chi connectivity index (χ1) is 9.69. The minimum Gasteiger partial charge on any atom is -0.383 e. The van der Waals surface area contributed by atoms with E-state index in [9.17, 15) is 9.90 Å². The predicted molar refractivity (Wildman–Crippen MR) is 89.4 cm³/mol. The molecule has 7 heteroatoms. The third-order valence-corrected chi connectivity index (χ3v) is 4.09. The maximum atomic E-state index is 12.3. The monoisotopic (exact) mass is 345 g/mol. The third kappa shape index (κ3) is 3.79. The Morgan fingerprint density at radius 1 is 1.32 bits per heavy atom. The van der Waals surface area contributed by atoms with Crippen LogP contribution in [0, 0.1) is 0 Å². The van der Waals surface area contributed by atoms with Crippen molar-refractivity contribution in [3.63, 3.8) is 0 Å². The number of carbonyl (C=O) groups excluding carboxylic acids is 1. The van der Waals surface area contributed by atoms with Crippen molar-refractivity contribution in [3.8, 4) is 0 Å². The molecule has 0 aliphatic carbocycles. The van der Waals surface area contributed by atoms with Gasteiger partial charge < -0.3 is 10.0 Å². The lowest BCUT2D eigenvalue weighted by Gasteiger charge is -2.38. The number of piperidine rings is 1. The second kappa shape index (κ2) is 7.92. The fourth-order valence-electron chi connectivity index (χ4n) is 2.82. The smallest absolute Gasteiger partial charge is 0.243 e. The second-order valence-corrected chi connectivity index (χ2v) is 5.39. The first-order valence-electron chi connectivity index (χ1n) is 7.02. The van der Waals surface area contributed by atoms with Gasteiger partial charge in [-0.15, -0.1) is 24.8 Å². The van der Waals surface area contributed by atoms with Crippen LogP contribution < -0.4 is 5.32 Å². The topological polar surface area (TPSA) is 65.5 Å². The molecule has 2 N–H and O–H groups in total. The van der Waals surface area contributed by atoms with Crippen LogP contribution in [0.4, 0.5) is 0 Å². The van der Waals surface area contributed by atoms with E-state index >= 15 is 0 Å². The number of rotatable bonds is 2. The Bertz CT molecular complexity index is 517. The summed E-state index contributed by atoms with van der Waals surface area (Å²) < 4.78 is 0. The lowest BCUT2D eigenvalue weighted by molar-refractivity contribution is -0.136. The average Bonchev–Trinajstić information content (AvgIpc) is 3.02. The van der Waals surface area contributed by atoms with Gasteiger partial charge in [0.1, 0.15) is 11.6 Å². The Hall–Kier alpha value is -1.14. The zero-order chi connectivity index (χ0) is 14.0. The Labute approximate surface area is 142 Å². The van der Waals surface area contributed by atoms with Crippen molar-refractivity contribution in [2.24, 2.45) is 0 Å². The van der Waals surface area contributed by atoms with Crippen LogP contribution in [0.5, 0.6) is 0 Å². The number of carbonyl (C=O) groups is 1. The molecular formula is C15H21Cl2N3O2. The van der Waals surface area contributed by atoms with Crippen molar-refractivity contribution in [1.29, 1.82) is 0 Å². The number of aliphatic hydroxyl groups is 1. The molecule has 1 aromatic rings. The van der Waals surface area contributed by atoms with E-state index < -0.39 is 5.60 Å². The summed E-state index contributed by atoms with van der Waals surface area (Å²) in [5, 5.41) is 13.8. The molecule has 122 valence electrons. The largest absolute Gasteiger partial charge is 0.383 e. The standard InChI is InChI=1S/C15H19N3O2.2ClH/c19-14(12-4-3-9-16-12)18-10-6-15(20,7-11-18)13-5-1-2-8-17-13;;/h1-5,8,12,16,20H,6-7,9-11H2;2*1H. The molecule has 0 radical (unpaired) electrons. The summed E-state index contributed by atoms with van der Waals surface area (Å²) in [5.74, 6) is 0.0989. The molecule has 1 saturated heterocycles. The number of amides is 1. The number of nitrogens with one attached hydrogen (secondary N) is 1. The van der Waals surface area contributed by atoms with Gasteiger partial charge in [-0.05, 0) is 25.0 Å². The van der Waals surface area contributed by atoms with Crippen molar-refractivity contribution in [2.75, 3.05) is 19.6 Å². The Kier molecular flexibility index (Phi) is 6.81. The zero-order valence-corrected chi connectivity index (χ0v) is 13.8. The SMILES string of the molecule is Cl.Cl.O=C(C1C=CCN1)N1CCC(O)(c2ccccn2)CC1. The number of hydrogen-bond donors (Lipinski definition) is 2. The molecular weight excluding hydrogens is 325 g/mol.